The molecule has 1 aliphatic rings. The Morgan fingerprint density at radius 1 is 1.44 bits per heavy atom. The summed E-state index contributed by atoms with van der Waals surface area (Å²) in [5.41, 5.74) is 1.18. The molecule has 0 spiro atoms. The highest BCUT2D eigenvalue weighted by Gasteiger charge is 2.20. The predicted octanol–water partition coefficient (Wildman–Crippen LogP) is 3.24. The third-order valence-electron chi connectivity index (χ3n) is 3.05. The summed E-state index contributed by atoms with van der Waals surface area (Å²) in [6.07, 6.45) is 2.23. The van der Waals surface area contributed by atoms with Gasteiger partial charge >= 0.3 is 0 Å². The van der Waals surface area contributed by atoms with Crippen molar-refractivity contribution in [2.45, 2.75) is 18.9 Å². The van der Waals surface area contributed by atoms with Crippen LogP contribution in [0.4, 0.5) is 0 Å². The van der Waals surface area contributed by atoms with Crippen LogP contribution in [0.25, 0.3) is 0 Å². The minimum Gasteiger partial charge on any atom is -0.493 e. The monoisotopic (exact) mass is 313 g/mol. The van der Waals surface area contributed by atoms with Crippen molar-refractivity contribution >= 4 is 15.9 Å². The summed E-state index contributed by atoms with van der Waals surface area (Å²) >= 11 is 3.48. The second kappa shape index (κ2) is 6.55. The van der Waals surface area contributed by atoms with Gasteiger partial charge in [0.25, 0.3) is 0 Å². The molecule has 0 saturated carbocycles. The number of rotatable bonds is 4. The van der Waals surface area contributed by atoms with Gasteiger partial charge in [-0.3, -0.25) is 0 Å². The lowest BCUT2D eigenvalue weighted by Gasteiger charge is -2.19. The van der Waals surface area contributed by atoms with E-state index in [1.54, 1.807) is 0 Å². The van der Waals surface area contributed by atoms with Gasteiger partial charge in [0.1, 0.15) is 5.75 Å². The molecule has 1 heterocycles. The summed E-state index contributed by atoms with van der Waals surface area (Å²) in [5, 5.41) is 0. The molecule has 0 bridgehead atoms. The van der Waals surface area contributed by atoms with E-state index in [2.05, 4.69) is 47.1 Å². The van der Waals surface area contributed by atoms with Crippen LogP contribution in [-0.2, 0) is 4.74 Å². The maximum atomic E-state index is 6.00. The van der Waals surface area contributed by atoms with Crippen LogP contribution in [0.2, 0.25) is 0 Å². The van der Waals surface area contributed by atoms with Crippen molar-refractivity contribution < 1.29 is 9.47 Å². The average Bonchev–Trinajstić information content (AvgIpc) is 2.51. The number of hydrogen-bond acceptors (Lipinski definition) is 3. The van der Waals surface area contributed by atoms with Gasteiger partial charge in [0, 0.05) is 16.6 Å². The molecule has 1 aromatic carbocycles. The topological polar surface area (TPSA) is 21.7 Å². The Hall–Kier alpha value is -0.580. The van der Waals surface area contributed by atoms with Crippen molar-refractivity contribution in [2.75, 3.05) is 33.9 Å². The zero-order valence-electron chi connectivity index (χ0n) is 11.0. The Bertz CT molecular complexity index is 395. The molecule has 3 nitrogen and oxygen atoms in total. The van der Waals surface area contributed by atoms with Crippen molar-refractivity contribution in [3.63, 3.8) is 0 Å². The number of nitrogens with zero attached hydrogens (tertiary/aromatic N) is 1. The molecular formula is C14H20BrNO2. The maximum Gasteiger partial charge on any atom is 0.126 e. The molecule has 1 aromatic rings. The van der Waals surface area contributed by atoms with Gasteiger partial charge in [-0.1, -0.05) is 22.0 Å². The van der Waals surface area contributed by atoms with Gasteiger partial charge in [-0.25, -0.2) is 0 Å². The number of likely N-dealkylation sites (N-methyl/N-ethyl adjacent to an activating group) is 1. The standard InChI is InChI=1S/C14H20BrNO2/c1-16(2)7-9-18-13-4-3-8-17-14-10-11(15)5-6-12(13)14/h5-6,10,13H,3-4,7-9H2,1-2H3. The first-order valence-electron chi connectivity index (χ1n) is 6.35. The zero-order valence-corrected chi connectivity index (χ0v) is 12.6. The van der Waals surface area contributed by atoms with E-state index in [9.17, 15) is 0 Å². The van der Waals surface area contributed by atoms with Crippen LogP contribution < -0.4 is 4.74 Å². The number of ether oxygens (including phenoxy) is 2. The largest absolute Gasteiger partial charge is 0.493 e. The normalized spacial score (nSPS) is 19.2. The molecule has 0 fully saturated rings. The fourth-order valence-corrected chi connectivity index (χ4v) is 2.40. The lowest BCUT2D eigenvalue weighted by Crippen LogP contribution is -2.19. The minimum atomic E-state index is 0.163. The Morgan fingerprint density at radius 2 is 2.28 bits per heavy atom. The van der Waals surface area contributed by atoms with Gasteiger partial charge in [0.2, 0.25) is 0 Å². The van der Waals surface area contributed by atoms with Crippen LogP contribution in [0.1, 0.15) is 24.5 Å². The molecular weight excluding hydrogens is 294 g/mol. The fraction of sp³-hybridized carbons (Fsp3) is 0.571. The lowest BCUT2D eigenvalue weighted by molar-refractivity contribution is 0.0384. The smallest absolute Gasteiger partial charge is 0.126 e. The average molecular weight is 314 g/mol. The summed E-state index contributed by atoms with van der Waals surface area (Å²) < 4.78 is 12.8. The van der Waals surface area contributed by atoms with Crippen LogP contribution in [-0.4, -0.2) is 38.8 Å². The van der Waals surface area contributed by atoms with E-state index >= 15 is 0 Å². The second-order valence-electron chi connectivity index (χ2n) is 4.84. The molecule has 1 aliphatic heterocycles. The van der Waals surface area contributed by atoms with Crippen LogP contribution in [0.15, 0.2) is 22.7 Å². The Morgan fingerprint density at radius 3 is 3.06 bits per heavy atom. The zero-order chi connectivity index (χ0) is 13.0. The molecule has 4 heteroatoms. The first-order chi connectivity index (χ1) is 8.66. The van der Waals surface area contributed by atoms with Crippen molar-refractivity contribution in [2.24, 2.45) is 0 Å². The Balaban J connectivity index is 2.07. The molecule has 1 atom stereocenters. The third kappa shape index (κ3) is 3.70. The molecule has 0 N–H and O–H groups in total. The molecule has 0 saturated heterocycles. The van der Waals surface area contributed by atoms with E-state index in [0.717, 1.165) is 42.8 Å². The van der Waals surface area contributed by atoms with Crippen LogP contribution >= 0.6 is 15.9 Å². The molecule has 0 aliphatic carbocycles. The van der Waals surface area contributed by atoms with Crippen LogP contribution in [0.5, 0.6) is 5.75 Å². The molecule has 2 rings (SSSR count). The van der Waals surface area contributed by atoms with Gasteiger partial charge < -0.3 is 14.4 Å². The molecule has 0 aromatic heterocycles. The predicted molar refractivity (Wildman–Crippen MR) is 76.1 cm³/mol. The van der Waals surface area contributed by atoms with Gasteiger partial charge in [-0.15, -0.1) is 0 Å². The lowest BCUT2D eigenvalue weighted by atomic mass is 10.1. The van der Waals surface area contributed by atoms with Crippen molar-refractivity contribution in [1.82, 2.24) is 4.90 Å². The van der Waals surface area contributed by atoms with Crippen LogP contribution in [0, 0.1) is 0 Å². The maximum absolute atomic E-state index is 6.00. The summed E-state index contributed by atoms with van der Waals surface area (Å²) in [4.78, 5) is 2.13. The first kappa shape index (κ1) is 13.8. The van der Waals surface area contributed by atoms with Gasteiger partial charge in [-0.2, -0.15) is 0 Å². The SMILES string of the molecule is CN(C)CCOC1CCCOc2cc(Br)ccc21. The van der Waals surface area contributed by atoms with Crippen LogP contribution in [0.3, 0.4) is 0 Å². The van der Waals surface area contributed by atoms with Crippen molar-refractivity contribution in [3.05, 3.63) is 28.2 Å². The highest BCUT2D eigenvalue weighted by Crippen LogP contribution is 2.35. The molecule has 0 amide bonds. The molecule has 18 heavy (non-hydrogen) atoms. The Labute approximate surface area is 117 Å². The van der Waals surface area contributed by atoms with Crippen molar-refractivity contribution in [3.8, 4) is 5.75 Å². The number of halogens is 1. The van der Waals surface area contributed by atoms with Crippen molar-refractivity contribution in [1.29, 1.82) is 0 Å². The van der Waals surface area contributed by atoms with E-state index in [0.29, 0.717) is 0 Å². The third-order valence-corrected chi connectivity index (χ3v) is 3.54. The quantitative estimate of drug-likeness (QED) is 0.851. The van der Waals surface area contributed by atoms with E-state index in [4.69, 9.17) is 9.47 Å². The number of fused-ring (bicyclic) bond motifs is 1. The van der Waals surface area contributed by atoms with E-state index in [1.807, 2.05) is 6.07 Å². The fourth-order valence-electron chi connectivity index (χ4n) is 2.06. The highest BCUT2D eigenvalue weighted by molar-refractivity contribution is 9.10. The van der Waals surface area contributed by atoms with E-state index in [-0.39, 0.29) is 6.10 Å². The number of benzene rings is 1. The number of hydrogen-bond donors (Lipinski definition) is 0. The molecule has 0 radical (unpaired) electrons. The van der Waals surface area contributed by atoms with Gasteiger partial charge in [-0.05, 0) is 39.1 Å². The summed E-state index contributed by atoms with van der Waals surface area (Å²) in [6.45, 7) is 2.48. The van der Waals surface area contributed by atoms with Gasteiger partial charge in [0.15, 0.2) is 0 Å². The second-order valence-corrected chi connectivity index (χ2v) is 5.75. The van der Waals surface area contributed by atoms with E-state index in [1.165, 1.54) is 5.56 Å². The van der Waals surface area contributed by atoms with Gasteiger partial charge in [0.05, 0.1) is 19.3 Å². The first-order valence-corrected chi connectivity index (χ1v) is 7.14. The highest BCUT2D eigenvalue weighted by atomic mass is 79.9. The van der Waals surface area contributed by atoms with E-state index < -0.39 is 0 Å². The minimum absolute atomic E-state index is 0.163. The summed E-state index contributed by atoms with van der Waals surface area (Å²) in [7, 11) is 4.12. The Kier molecular flexibility index (Phi) is 5.03. The molecule has 1 unspecified atom stereocenters. The summed E-state index contributed by atoms with van der Waals surface area (Å²) in [6, 6.07) is 6.18. The summed E-state index contributed by atoms with van der Waals surface area (Å²) in [5.74, 6) is 0.955. The molecule has 100 valence electrons.